The molecule has 0 aromatic heterocycles. The van der Waals surface area contributed by atoms with Gasteiger partial charge in [-0.2, -0.15) is 0 Å². The second kappa shape index (κ2) is 8.49. The monoisotopic (exact) mass is 394 g/mol. The lowest BCUT2D eigenvalue weighted by Crippen LogP contribution is -2.54. The van der Waals surface area contributed by atoms with Crippen LogP contribution in [0, 0.1) is 35.5 Å². The fraction of sp³-hybridized carbons (Fsp3) is 0.583. The van der Waals surface area contributed by atoms with Crippen molar-refractivity contribution in [3.63, 3.8) is 0 Å². The van der Waals surface area contributed by atoms with Crippen molar-refractivity contribution >= 4 is 11.8 Å². The summed E-state index contributed by atoms with van der Waals surface area (Å²) >= 11 is 0. The number of terminal acetylenes is 1. The summed E-state index contributed by atoms with van der Waals surface area (Å²) in [5, 5.41) is 5.83. The van der Waals surface area contributed by atoms with Gasteiger partial charge in [-0.3, -0.25) is 9.59 Å². The van der Waals surface area contributed by atoms with Crippen molar-refractivity contribution in [2.45, 2.75) is 44.9 Å². The normalized spacial score (nSPS) is 29.1. The number of carbonyl (C=O) groups excluding carboxylic acids is 2. The molecule has 4 saturated carbocycles. The minimum atomic E-state index is -0.196. The number of hydrogen-bond donors (Lipinski definition) is 2. The molecule has 0 heterocycles. The number of nitrogens with one attached hydrogen (secondary N) is 2. The zero-order valence-corrected chi connectivity index (χ0v) is 16.9. The summed E-state index contributed by atoms with van der Waals surface area (Å²) in [6.07, 6.45) is 12.9. The van der Waals surface area contributed by atoms with Crippen molar-refractivity contribution < 1.29 is 14.3 Å². The number of carbonyl (C=O) groups is 2. The maximum Gasteiger partial charge on any atom is 0.239 e. The number of amides is 2. The van der Waals surface area contributed by atoms with Gasteiger partial charge in [0.2, 0.25) is 11.8 Å². The Kier molecular flexibility index (Phi) is 5.80. The van der Waals surface area contributed by atoms with E-state index in [4.69, 9.17) is 11.2 Å². The van der Waals surface area contributed by atoms with Crippen molar-refractivity contribution in [1.29, 1.82) is 0 Å². The van der Waals surface area contributed by atoms with E-state index < -0.39 is 0 Å². The van der Waals surface area contributed by atoms with Gasteiger partial charge in [0.25, 0.3) is 0 Å². The van der Waals surface area contributed by atoms with Crippen LogP contribution < -0.4 is 15.4 Å². The molecule has 29 heavy (non-hydrogen) atoms. The SMILES string of the molecule is C#CCOc1ccc(CCNC(=O)CNC(=O)C23CC4CC(CC(C4)C2)C3)cc1. The Labute approximate surface area is 173 Å². The number of rotatable bonds is 8. The van der Waals surface area contributed by atoms with Crippen LogP contribution in [0.15, 0.2) is 24.3 Å². The average molecular weight is 395 g/mol. The molecule has 4 aliphatic carbocycles. The van der Waals surface area contributed by atoms with Gasteiger partial charge in [-0.25, -0.2) is 0 Å². The molecule has 4 aliphatic rings. The van der Waals surface area contributed by atoms with Gasteiger partial charge in [-0.15, -0.1) is 6.42 Å². The Morgan fingerprint density at radius 3 is 2.24 bits per heavy atom. The molecule has 1 aromatic carbocycles. The predicted octanol–water partition coefficient (Wildman–Crippen LogP) is 2.69. The third-order valence-electron chi connectivity index (χ3n) is 6.91. The predicted molar refractivity (Wildman–Crippen MR) is 111 cm³/mol. The first kappa shape index (κ1) is 19.8. The van der Waals surface area contributed by atoms with Crippen molar-refractivity contribution in [2.75, 3.05) is 19.7 Å². The highest BCUT2D eigenvalue weighted by Gasteiger charge is 2.54. The molecule has 5 nitrogen and oxygen atoms in total. The highest BCUT2D eigenvalue weighted by molar-refractivity contribution is 5.88. The standard InChI is InChI=1S/C24H30N2O3/c1-2-9-29-21-5-3-17(4-6-21)7-8-25-22(27)16-26-23(28)24-13-18-10-19(14-24)12-20(11-18)15-24/h1,3-6,18-20H,7-16H2,(H,25,27)(H,26,28). The first-order valence-corrected chi connectivity index (χ1v) is 10.8. The first-order chi connectivity index (χ1) is 14.1. The van der Waals surface area contributed by atoms with Gasteiger partial charge >= 0.3 is 0 Å². The van der Waals surface area contributed by atoms with Crippen LogP contribution in [-0.4, -0.2) is 31.5 Å². The van der Waals surface area contributed by atoms with E-state index in [0.29, 0.717) is 6.54 Å². The van der Waals surface area contributed by atoms with Gasteiger partial charge in [0.15, 0.2) is 0 Å². The minimum absolute atomic E-state index is 0.0689. The Morgan fingerprint density at radius 1 is 1.03 bits per heavy atom. The second-order valence-corrected chi connectivity index (χ2v) is 9.12. The Hall–Kier alpha value is -2.48. The molecule has 1 aromatic rings. The molecule has 0 radical (unpaired) electrons. The van der Waals surface area contributed by atoms with Gasteiger partial charge < -0.3 is 15.4 Å². The molecule has 0 spiro atoms. The molecule has 5 heteroatoms. The van der Waals surface area contributed by atoms with E-state index in [1.54, 1.807) is 0 Å². The Morgan fingerprint density at radius 2 is 1.66 bits per heavy atom. The fourth-order valence-corrected chi connectivity index (χ4v) is 6.02. The lowest BCUT2D eigenvalue weighted by molar-refractivity contribution is -0.147. The van der Waals surface area contributed by atoms with Gasteiger partial charge in [-0.05, 0) is 80.4 Å². The van der Waals surface area contributed by atoms with Gasteiger partial charge in [0, 0.05) is 12.0 Å². The maximum atomic E-state index is 12.9. The molecule has 4 bridgehead atoms. The molecule has 5 rings (SSSR count). The third kappa shape index (κ3) is 4.58. The van der Waals surface area contributed by atoms with Gasteiger partial charge in [0.05, 0.1) is 6.54 Å². The van der Waals surface area contributed by atoms with Crippen molar-refractivity contribution in [1.82, 2.24) is 10.6 Å². The minimum Gasteiger partial charge on any atom is -0.481 e. The lowest BCUT2D eigenvalue weighted by Gasteiger charge is -2.55. The second-order valence-electron chi connectivity index (χ2n) is 9.12. The van der Waals surface area contributed by atoms with E-state index in [2.05, 4.69) is 16.6 Å². The van der Waals surface area contributed by atoms with Crippen LogP contribution in [0.4, 0.5) is 0 Å². The number of ether oxygens (including phenoxy) is 1. The smallest absolute Gasteiger partial charge is 0.239 e. The molecule has 0 unspecified atom stereocenters. The Bertz CT molecular complexity index is 758. The summed E-state index contributed by atoms with van der Waals surface area (Å²) in [6, 6.07) is 7.68. The van der Waals surface area contributed by atoms with E-state index in [1.807, 2.05) is 24.3 Å². The highest BCUT2D eigenvalue weighted by atomic mass is 16.5. The van der Waals surface area contributed by atoms with E-state index in [9.17, 15) is 9.59 Å². The molecular formula is C24H30N2O3. The molecule has 2 amide bonds. The van der Waals surface area contributed by atoms with E-state index >= 15 is 0 Å². The molecule has 4 fully saturated rings. The van der Waals surface area contributed by atoms with Crippen LogP contribution in [0.5, 0.6) is 5.75 Å². The third-order valence-corrected chi connectivity index (χ3v) is 6.91. The number of hydrogen-bond acceptors (Lipinski definition) is 3. The molecule has 0 atom stereocenters. The van der Waals surface area contributed by atoms with Crippen LogP contribution in [0.2, 0.25) is 0 Å². The summed E-state index contributed by atoms with van der Waals surface area (Å²) in [5.74, 6) is 5.33. The molecule has 154 valence electrons. The summed E-state index contributed by atoms with van der Waals surface area (Å²) in [4.78, 5) is 25.1. The topological polar surface area (TPSA) is 67.4 Å². The summed E-state index contributed by atoms with van der Waals surface area (Å²) in [7, 11) is 0. The summed E-state index contributed by atoms with van der Waals surface area (Å²) in [5.41, 5.74) is 0.911. The van der Waals surface area contributed by atoms with Crippen LogP contribution in [0.1, 0.15) is 44.1 Å². The summed E-state index contributed by atoms with van der Waals surface area (Å²) < 4.78 is 5.35. The number of benzene rings is 1. The van der Waals surface area contributed by atoms with Crippen molar-refractivity contribution in [3.8, 4) is 18.1 Å². The molecular weight excluding hydrogens is 364 g/mol. The summed E-state index contributed by atoms with van der Waals surface area (Å²) in [6.45, 7) is 0.862. The van der Waals surface area contributed by atoms with Crippen molar-refractivity contribution in [2.24, 2.45) is 23.2 Å². The zero-order chi connectivity index (χ0) is 20.3. The lowest BCUT2D eigenvalue weighted by atomic mass is 9.49. The Balaban J connectivity index is 1.18. The largest absolute Gasteiger partial charge is 0.481 e. The highest BCUT2D eigenvalue weighted by Crippen LogP contribution is 2.60. The van der Waals surface area contributed by atoms with Gasteiger partial charge in [0.1, 0.15) is 12.4 Å². The quantitative estimate of drug-likeness (QED) is 0.666. The maximum absolute atomic E-state index is 12.9. The van der Waals surface area contributed by atoms with E-state index in [0.717, 1.165) is 54.7 Å². The molecule has 0 saturated heterocycles. The van der Waals surface area contributed by atoms with E-state index in [-0.39, 0.29) is 30.4 Å². The molecule has 2 N–H and O–H groups in total. The zero-order valence-electron chi connectivity index (χ0n) is 16.9. The first-order valence-electron chi connectivity index (χ1n) is 10.8. The van der Waals surface area contributed by atoms with E-state index in [1.165, 1.54) is 19.3 Å². The average Bonchev–Trinajstić information content (AvgIpc) is 2.70. The van der Waals surface area contributed by atoms with Crippen LogP contribution in [-0.2, 0) is 16.0 Å². The molecule has 0 aliphatic heterocycles. The fourth-order valence-electron chi connectivity index (χ4n) is 6.02. The van der Waals surface area contributed by atoms with Crippen LogP contribution in [0.25, 0.3) is 0 Å². The van der Waals surface area contributed by atoms with Crippen molar-refractivity contribution in [3.05, 3.63) is 29.8 Å². The van der Waals surface area contributed by atoms with Gasteiger partial charge in [-0.1, -0.05) is 18.1 Å². The van der Waals surface area contributed by atoms with Crippen LogP contribution >= 0.6 is 0 Å². The van der Waals surface area contributed by atoms with Crippen LogP contribution in [0.3, 0.4) is 0 Å².